The molecule has 3 atom stereocenters. The third-order valence-corrected chi connectivity index (χ3v) is 5.14. The van der Waals surface area contributed by atoms with Crippen molar-refractivity contribution in [3.8, 4) is 0 Å². The normalized spacial score (nSPS) is 29.5. The second kappa shape index (κ2) is 6.05. The topological polar surface area (TPSA) is 27.3 Å². The zero-order chi connectivity index (χ0) is 15.7. The first-order valence-electron chi connectivity index (χ1n) is 8.47. The summed E-state index contributed by atoms with van der Waals surface area (Å²) in [4.78, 5) is 2.55. The molecule has 0 radical (unpaired) electrons. The molecule has 1 unspecified atom stereocenters. The van der Waals surface area contributed by atoms with Crippen LogP contribution in [0.2, 0.25) is 0 Å². The number of hydrogen-bond donors (Lipinski definition) is 2. The van der Waals surface area contributed by atoms with Crippen molar-refractivity contribution < 1.29 is 0 Å². The van der Waals surface area contributed by atoms with Gasteiger partial charge in [0.25, 0.3) is 0 Å². The number of likely N-dealkylation sites (tertiary alicyclic amines) is 1. The highest BCUT2D eigenvalue weighted by atomic mass is 15.4. The number of rotatable bonds is 2. The van der Waals surface area contributed by atoms with Crippen LogP contribution in [0.4, 0.5) is 0 Å². The van der Waals surface area contributed by atoms with E-state index in [-0.39, 0.29) is 11.7 Å². The average molecular weight is 299 g/mol. The van der Waals surface area contributed by atoms with Crippen molar-refractivity contribution >= 4 is 0 Å². The summed E-state index contributed by atoms with van der Waals surface area (Å²) in [6, 6.07) is 9.85. The van der Waals surface area contributed by atoms with Gasteiger partial charge in [-0.15, -0.1) is 0 Å². The van der Waals surface area contributed by atoms with E-state index < -0.39 is 0 Å². The molecule has 2 N–H and O–H groups in total. The van der Waals surface area contributed by atoms with Gasteiger partial charge in [-0.05, 0) is 36.1 Å². The minimum Gasteiger partial charge on any atom is -0.364 e. The monoisotopic (exact) mass is 299 g/mol. The predicted molar refractivity (Wildman–Crippen MR) is 92.7 cm³/mol. The van der Waals surface area contributed by atoms with Crippen LogP contribution in [0.1, 0.15) is 51.2 Å². The summed E-state index contributed by atoms with van der Waals surface area (Å²) in [6.07, 6.45) is 5.71. The molecule has 22 heavy (non-hydrogen) atoms. The Bertz CT molecular complexity index is 527. The lowest BCUT2D eigenvalue weighted by Gasteiger charge is -2.35. The maximum Gasteiger partial charge on any atom is 0.134 e. The molecular weight excluding hydrogens is 270 g/mol. The zero-order valence-electron chi connectivity index (χ0n) is 14.3. The number of nitrogens with zero attached hydrogens (tertiary/aromatic N) is 1. The smallest absolute Gasteiger partial charge is 0.134 e. The molecule has 3 nitrogen and oxygen atoms in total. The van der Waals surface area contributed by atoms with Crippen LogP contribution in [0.3, 0.4) is 0 Å². The van der Waals surface area contributed by atoms with Crippen molar-refractivity contribution in [1.82, 2.24) is 15.5 Å². The summed E-state index contributed by atoms with van der Waals surface area (Å²) in [7, 11) is 0. The minimum absolute atomic E-state index is 0.230. The Balaban J connectivity index is 1.72. The molecule has 1 fully saturated rings. The Kier molecular flexibility index (Phi) is 4.28. The van der Waals surface area contributed by atoms with Gasteiger partial charge in [-0.25, -0.2) is 0 Å². The van der Waals surface area contributed by atoms with Gasteiger partial charge in [0.2, 0.25) is 0 Å². The summed E-state index contributed by atoms with van der Waals surface area (Å²) < 4.78 is 0. The van der Waals surface area contributed by atoms with Gasteiger partial charge in [0.1, 0.15) is 6.29 Å². The fourth-order valence-corrected chi connectivity index (χ4v) is 3.67. The summed E-state index contributed by atoms with van der Waals surface area (Å²) >= 11 is 0. The van der Waals surface area contributed by atoms with E-state index in [2.05, 4.69) is 79.8 Å². The molecule has 0 saturated carbocycles. The van der Waals surface area contributed by atoms with Gasteiger partial charge >= 0.3 is 0 Å². The lowest BCUT2D eigenvalue weighted by atomic mass is 9.84. The third kappa shape index (κ3) is 3.06. The molecular formula is C19H29N3. The standard InChI is InChI=1S/C19H29N3/c1-14-17(10-13-22(14)18-20-11-5-12-21-18)15-6-8-16(9-7-15)19(2,3)4/h5-9,11,14,17-18,20-21H,10,12-13H2,1-4H3/t14-,17-,18?/m0/s1. The Labute approximate surface area is 134 Å². The van der Waals surface area contributed by atoms with E-state index in [1.807, 2.05) is 0 Å². The Hall–Kier alpha value is -1.32. The quantitative estimate of drug-likeness (QED) is 0.878. The maximum atomic E-state index is 3.52. The minimum atomic E-state index is 0.230. The Morgan fingerprint density at radius 2 is 1.86 bits per heavy atom. The van der Waals surface area contributed by atoms with Gasteiger partial charge in [-0.1, -0.05) is 51.1 Å². The first-order valence-corrected chi connectivity index (χ1v) is 8.47. The van der Waals surface area contributed by atoms with Gasteiger partial charge in [0, 0.05) is 25.0 Å². The van der Waals surface area contributed by atoms with Crippen molar-refractivity contribution in [2.24, 2.45) is 0 Å². The van der Waals surface area contributed by atoms with Crippen LogP contribution in [-0.2, 0) is 5.41 Å². The summed E-state index contributed by atoms with van der Waals surface area (Å²) in [6.45, 7) is 11.3. The van der Waals surface area contributed by atoms with Gasteiger partial charge in [0.15, 0.2) is 0 Å². The van der Waals surface area contributed by atoms with Crippen molar-refractivity contribution in [3.05, 3.63) is 47.7 Å². The lowest BCUT2D eigenvalue weighted by Crippen LogP contribution is -2.56. The van der Waals surface area contributed by atoms with E-state index in [4.69, 9.17) is 0 Å². The third-order valence-electron chi connectivity index (χ3n) is 5.14. The van der Waals surface area contributed by atoms with E-state index in [9.17, 15) is 0 Å². The lowest BCUT2D eigenvalue weighted by molar-refractivity contribution is 0.135. The van der Waals surface area contributed by atoms with Crippen LogP contribution in [0.15, 0.2) is 36.5 Å². The maximum absolute atomic E-state index is 3.52. The SMILES string of the molecule is C[C@H]1[C@@H](c2ccc(C(C)(C)C)cc2)CCN1C1NC=CCN1. The molecule has 120 valence electrons. The molecule has 2 heterocycles. The molecule has 0 spiro atoms. The fourth-order valence-electron chi connectivity index (χ4n) is 3.67. The predicted octanol–water partition coefficient (Wildman–Crippen LogP) is 3.15. The molecule has 3 rings (SSSR count). The molecule has 0 amide bonds. The van der Waals surface area contributed by atoms with Gasteiger partial charge in [-0.3, -0.25) is 10.2 Å². The molecule has 0 aliphatic carbocycles. The van der Waals surface area contributed by atoms with E-state index >= 15 is 0 Å². The Morgan fingerprint density at radius 1 is 1.14 bits per heavy atom. The fraction of sp³-hybridized carbons (Fsp3) is 0.579. The summed E-state index contributed by atoms with van der Waals surface area (Å²) in [5.41, 5.74) is 3.13. The van der Waals surface area contributed by atoms with E-state index in [0.717, 1.165) is 13.1 Å². The highest BCUT2D eigenvalue weighted by molar-refractivity contribution is 5.31. The Morgan fingerprint density at radius 3 is 2.45 bits per heavy atom. The van der Waals surface area contributed by atoms with Crippen molar-refractivity contribution in [1.29, 1.82) is 0 Å². The first-order chi connectivity index (χ1) is 10.5. The molecule has 0 aromatic heterocycles. The number of benzene rings is 1. The number of hydrogen-bond acceptors (Lipinski definition) is 3. The highest BCUT2D eigenvalue weighted by Gasteiger charge is 2.35. The van der Waals surface area contributed by atoms with Crippen LogP contribution >= 0.6 is 0 Å². The molecule has 0 bridgehead atoms. The van der Waals surface area contributed by atoms with Gasteiger partial charge < -0.3 is 5.32 Å². The van der Waals surface area contributed by atoms with Crippen LogP contribution in [-0.4, -0.2) is 30.3 Å². The molecule has 1 saturated heterocycles. The number of nitrogens with one attached hydrogen (secondary N) is 2. The van der Waals surface area contributed by atoms with Crippen LogP contribution in [0.5, 0.6) is 0 Å². The highest BCUT2D eigenvalue weighted by Crippen LogP contribution is 2.35. The first kappa shape index (κ1) is 15.6. The van der Waals surface area contributed by atoms with Crippen molar-refractivity contribution in [2.75, 3.05) is 13.1 Å². The average Bonchev–Trinajstić information content (AvgIpc) is 2.89. The van der Waals surface area contributed by atoms with E-state index in [1.54, 1.807) is 0 Å². The largest absolute Gasteiger partial charge is 0.364 e. The molecule has 2 aliphatic heterocycles. The van der Waals surface area contributed by atoms with E-state index in [1.165, 1.54) is 17.5 Å². The molecule has 2 aliphatic rings. The van der Waals surface area contributed by atoms with Gasteiger partial charge in [-0.2, -0.15) is 0 Å². The van der Waals surface area contributed by atoms with Crippen LogP contribution < -0.4 is 10.6 Å². The second-order valence-corrected chi connectivity index (χ2v) is 7.63. The molecule has 1 aromatic rings. The van der Waals surface area contributed by atoms with E-state index in [0.29, 0.717) is 12.0 Å². The molecule has 1 aromatic carbocycles. The van der Waals surface area contributed by atoms with Gasteiger partial charge in [0.05, 0.1) is 0 Å². The van der Waals surface area contributed by atoms with Crippen LogP contribution in [0, 0.1) is 0 Å². The zero-order valence-corrected chi connectivity index (χ0v) is 14.3. The second-order valence-electron chi connectivity index (χ2n) is 7.63. The summed E-state index contributed by atoms with van der Waals surface area (Å²) in [5.74, 6) is 0.628. The van der Waals surface area contributed by atoms with Crippen molar-refractivity contribution in [2.45, 2.75) is 57.8 Å². The van der Waals surface area contributed by atoms with Crippen LogP contribution in [0.25, 0.3) is 0 Å². The summed E-state index contributed by atoms with van der Waals surface area (Å²) in [5, 5.41) is 6.95. The molecule has 3 heteroatoms. The van der Waals surface area contributed by atoms with Crippen molar-refractivity contribution in [3.63, 3.8) is 0 Å².